The summed E-state index contributed by atoms with van der Waals surface area (Å²) in [7, 11) is 0. The second-order valence-corrected chi connectivity index (χ2v) is 6.04. The third-order valence-corrected chi connectivity index (χ3v) is 3.81. The Labute approximate surface area is 149 Å². The van der Waals surface area contributed by atoms with Gasteiger partial charge in [0.15, 0.2) is 6.10 Å². The number of carbonyl (C=O) groups is 1. The van der Waals surface area contributed by atoms with Crippen LogP contribution in [0.4, 0.5) is 8.78 Å². The van der Waals surface area contributed by atoms with Crippen molar-refractivity contribution < 1.29 is 22.7 Å². The van der Waals surface area contributed by atoms with Gasteiger partial charge in [-0.05, 0) is 49.4 Å². The third-order valence-electron chi connectivity index (χ3n) is 3.31. The molecular weight excluding hydrogens is 398 g/mol. The van der Waals surface area contributed by atoms with Crippen LogP contribution in [0.5, 0.6) is 0 Å². The van der Waals surface area contributed by atoms with Crippen molar-refractivity contribution in [1.29, 1.82) is 0 Å². The summed E-state index contributed by atoms with van der Waals surface area (Å²) in [5.41, 5.74) is 0.325. The van der Waals surface area contributed by atoms with Crippen LogP contribution < -0.4 is 0 Å². The van der Waals surface area contributed by atoms with Crippen molar-refractivity contribution >= 4 is 21.9 Å². The van der Waals surface area contributed by atoms with E-state index in [1.807, 2.05) is 0 Å². The number of hydrogen-bond acceptors (Lipinski definition) is 5. The molecule has 0 saturated heterocycles. The summed E-state index contributed by atoms with van der Waals surface area (Å²) in [6, 6.07) is 9.51. The molecule has 3 aromatic rings. The van der Waals surface area contributed by atoms with E-state index in [1.165, 1.54) is 49.4 Å². The molecule has 0 spiro atoms. The molecule has 0 aliphatic carbocycles. The minimum atomic E-state index is -0.878. The number of hydrogen-bond donors (Lipinski definition) is 0. The molecule has 0 unspecified atom stereocenters. The lowest BCUT2D eigenvalue weighted by Gasteiger charge is -2.10. The highest BCUT2D eigenvalue weighted by molar-refractivity contribution is 9.10. The Kier molecular flexibility index (Phi) is 4.89. The predicted octanol–water partition coefficient (Wildman–Crippen LogP) is 4.70. The van der Waals surface area contributed by atoms with E-state index in [0.717, 1.165) is 0 Å². The summed E-state index contributed by atoms with van der Waals surface area (Å²) in [5, 5.41) is 7.64. The zero-order valence-corrected chi connectivity index (χ0v) is 14.5. The maximum atomic E-state index is 13.8. The van der Waals surface area contributed by atoms with Crippen LogP contribution in [0, 0.1) is 11.6 Å². The number of aromatic nitrogens is 2. The van der Waals surface area contributed by atoms with Crippen LogP contribution in [0.15, 0.2) is 51.4 Å². The van der Waals surface area contributed by atoms with Crippen molar-refractivity contribution in [2.24, 2.45) is 0 Å². The van der Waals surface area contributed by atoms with Gasteiger partial charge in [0.2, 0.25) is 5.89 Å². The summed E-state index contributed by atoms with van der Waals surface area (Å²) in [5.74, 6) is -1.73. The normalized spacial score (nSPS) is 12.0. The molecule has 0 fully saturated rings. The van der Waals surface area contributed by atoms with E-state index < -0.39 is 17.9 Å². The van der Waals surface area contributed by atoms with E-state index in [2.05, 4.69) is 26.1 Å². The summed E-state index contributed by atoms with van der Waals surface area (Å²) < 4.78 is 37.8. The molecule has 1 heterocycles. The van der Waals surface area contributed by atoms with Crippen LogP contribution in [0.1, 0.15) is 29.3 Å². The molecule has 0 aliphatic heterocycles. The number of halogens is 3. The van der Waals surface area contributed by atoms with Gasteiger partial charge in [0.05, 0.1) is 5.56 Å². The molecule has 25 heavy (non-hydrogen) atoms. The topological polar surface area (TPSA) is 65.2 Å². The second-order valence-electron chi connectivity index (χ2n) is 5.12. The van der Waals surface area contributed by atoms with Gasteiger partial charge in [-0.15, -0.1) is 10.2 Å². The minimum Gasteiger partial charge on any atom is -0.449 e. The van der Waals surface area contributed by atoms with Gasteiger partial charge in [0.1, 0.15) is 11.6 Å². The van der Waals surface area contributed by atoms with Crippen LogP contribution in [0.2, 0.25) is 0 Å². The molecule has 3 rings (SSSR count). The first kappa shape index (κ1) is 17.2. The van der Waals surface area contributed by atoms with Crippen molar-refractivity contribution in [2.45, 2.75) is 13.0 Å². The maximum Gasteiger partial charge on any atom is 0.341 e. The van der Waals surface area contributed by atoms with Crippen LogP contribution in [0.25, 0.3) is 11.5 Å². The average Bonchev–Trinajstić information content (AvgIpc) is 3.05. The zero-order valence-electron chi connectivity index (χ0n) is 12.9. The van der Waals surface area contributed by atoms with Crippen molar-refractivity contribution in [3.8, 4) is 11.5 Å². The fourth-order valence-corrected chi connectivity index (χ4v) is 2.37. The van der Waals surface area contributed by atoms with E-state index >= 15 is 0 Å². The Balaban J connectivity index is 1.74. The first-order valence-electron chi connectivity index (χ1n) is 7.19. The number of rotatable bonds is 4. The standard InChI is InChI=1S/C17H11BrF2N2O3/c1-9(24-17(23)13-7-4-11(18)8-14(13)20)15-21-22-16(25-15)10-2-5-12(19)6-3-10/h2-9H,1H3/t9-/m1/s1. The molecule has 0 amide bonds. The summed E-state index contributed by atoms with van der Waals surface area (Å²) >= 11 is 3.11. The maximum absolute atomic E-state index is 13.8. The Morgan fingerprint density at radius 1 is 1.16 bits per heavy atom. The first-order valence-corrected chi connectivity index (χ1v) is 7.98. The van der Waals surface area contributed by atoms with Crippen molar-refractivity contribution in [3.63, 3.8) is 0 Å². The SMILES string of the molecule is C[C@@H](OC(=O)c1ccc(Br)cc1F)c1nnc(-c2ccc(F)cc2)o1. The van der Waals surface area contributed by atoms with Crippen molar-refractivity contribution in [3.05, 3.63) is 70.0 Å². The molecule has 2 aromatic carbocycles. The predicted molar refractivity (Wildman–Crippen MR) is 87.6 cm³/mol. The van der Waals surface area contributed by atoms with Crippen LogP contribution in [0.3, 0.4) is 0 Å². The Hall–Kier alpha value is -2.61. The largest absolute Gasteiger partial charge is 0.449 e. The molecule has 0 radical (unpaired) electrons. The monoisotopic (exact) mass is 408 g/mol. The fourth-order valence-electron chi connectivity index (χ4n) is 2.04. The highest BCUT2D eigenvalue weighted by atomic mass is 79.9. The second kappa shape index (κ2) is 7.10. The molecule has 5 nitrogen and oxygen atoms in total. The summed E-state index contributed by atoms with van der Waals surface area (Å²) in [6.07, 6.45) is -0.878. The Bertz CT molecular complexity index is 913. The number of ether oxygens (including phenoxy) is 1. The number of esters is 1. The van der Waals surface area contributed by atoms with Gasteiger partial charge in [0, 0.05) is 10.0 Å². The molecule has 1 atom stereocenters. The molecule has 1 aromatic heterocycles. The highest BCUT2D eigenvalue weighted by Crippen LogP contribution is 2.24. The number of carbonyl (C=O) groups excluding carboxylic acids is 1. The Morgan fingerprint density at radius 3 is 2.56 bits per heavy atom. The molecule has 0 saturated carbocycles. The lowest BCUT2D eigenvalue weighted by molar-refractivity contribution is 0.0274. The molecule has 0 N–H and O–H groups in total. The van der Waals surface area contributed by atoms with Crippen molar-refractivity contribution in [1.82, 2.24) is 10.2 Å². The summed E-state index contributed by atoms with van der Waals surface area (Å²) in [6.45, 7) is 1.52. The van der Waals surface area contributed by atoms with E-state index in [0.29, 0.717) is 10.0 Å². The van der Waals surface area contributed by atoms with Gasteiger partial charge in [0.25, 0.3) is 5.89 Å². The molecule has 0 aliphatic rings. The average molecular weight is 409 g/mol. The Morgan fingerprint density at radius 2 is 1.88 bits per heavy atom. The van der Waals surface area contributed by atoms with Crippen LogP contribution in [-0.4, -0.2) is 16.2 Å². The molecular formula is C17H11BrF2N2O3. The van der Waals surface area contributed by atoms with Crippen LogP contribution >= 0.6 is 15.9 Å². The fraction of sp³-hybridized carbons (Fsp3) is 0.118. The first-order chi connectivity index (χ1) is 11.9. The summed E-state index contributed by atoms with van der Waals surface area (Å²) in [4.78, 5) is 12.1. The lowest BCUT2D eigenvalue weighted by atomic mass is 10.2. The zero-order chi connectivity index (χ0) is 18.0. The molecule has 0 bridgehead atoms. The van der Waals surface area contributed by atoms with Crippen LogP contribution in [-0.2, 0) is 4.74 Å². The van der Waals surface area contributed by atoms with Gasteiger partial charge < -0.3 is 9.15 Å². The number of nitrogens with zero attached hydrogens (tertiary/aromatic N) is 2. The number of benzene rings is 2. The molecule has 128 valence electrons. The van der Waals surface area contributed by atoms with Gasteiger partial charge in [-0.25, -0.2) is 13.6 Å². The van der Waals surface area contributed by atoms with Gasteiger partial charge in [-0.3, -0.25) is 0 Å². The lowest BCUT2D eigenvalue weighted by Crippen LogP contribution is -2.11. The van der Waals surface area contributed by atoms with Gasteiger partial charge >= 0.3 is 5.97 Å². The smallest absolute Gasteiger partial charge is 0.341 e. The minimum absolute atomic E-state index is 0.0465. The van der Waals surface area contributed by atoms with E-state index in [9.17, 15) is 13.6 Å². The van der Waals surface area contributed by atoms with Crippen molar-refractivity contribution in [2.75, 3.05) is 0 Å². The third kappa shape index (κ3) is 3.90. The quantitative estimate of drug-likeness (QED) is 0.585. The van der Waals surface area contributed by atoms with E-state index in [1.54, 1.807) is 0 Å². The highest BCUT2D eigenvalue weighted by Gasteiger charge is 2.22. The van der Waals surface area contributed by atoms with E-state index in [4.69, 9.17) is 9.15 Å². The van der Waals surface area contributed by atoms with E-state index in [-0.39, 0.29) is 23.2 Å². The van der Waals surface area contributed by atoms with Gasteiger partial charge in [-0.1, -0.05) is 15.9 Å². The van der Waals surface area contributed by atoms with Gasteiger partial charge in [-0.2, -0.15) is 0 Å². The molecule has 8 heteroatoms.